The van der Waals surface area contributed by atoms with E-state index in [-0.39, 0.29) is 6.61 Å². The van der Waals surface area contributed by atoms with Gasteiger partial charge in [0.05, 0.1) is 10.6 Å². The van der Waals surface area contributed by atoms with E-state index in [1.54, 1.807) is 22.7 Å². The van der Waals surface area contributed by atoms with Crippen LogP contribution in [0.25, 0.3) is 10.8 Å². The molecule has 1 aliphatic rings. The molecule has 0 radical (unpaired) electrons. The van der Waals surface area contributed by atoms with Crippen molar-refractivity contribution >= 4 is 22.7 Å². The molecule has 0 bridgehead atoms. The van der Waals surface area contributed by atoms with Crippen LogP contribution in [0.2, 0.25) is 0 Å². The van der Waals surface area contributed by atoms with Crippen molar-refractivity contribution in [1.29, 1.82) is 0 Å². The van der Waals surface area contributed by atoms with Crippen molar-refractivity contribution in [3.05, 3.63) is 51.4 Å². The molecule has 1 saturated heterocycles. The second-order valence-corrected chi connectivity index (χ2v) is 8.73. The fourth-order valence-corrected chi connectivity index (χ4v) is 4.95. The van der Waals surface area contributed by atoms with Gasteiger partial charge in [-0.1, -0.05) is 6.07 Å². The van der Waals surface area contributed by atoms with Crippen LogP contribution in [0.15, 0.2) is 38.8 Å². The van der Waals surface area contributed by atoms with E-state index in [1.807, 2.05) is 24.4 Å². The van der Waals surface area contributed by atoms with Gasteiger partial charge in [0.1, 0.15) is 5.76 Å². The highest BCUT2D eigenvalue weighted by molar-refractivity contribution is 7.13. The van der Waals surface area contributed by atoms with Crippen LogP contribution in [0.5, 0.6) is 0 Å². The first kappa shape index (κ1) is 18.8. The van der Waals surface area contributed by atoms with Crippen molar-refractivity contribution in [1.82, 2.24) is 14.8 Å². The van der Waals surface area contributed by atoms with Crippen LogP contribution < -0.4 is 0 Å². The summed E-state index contributed by atoms with van der Waals surface area (Å²) in [7, 11) is 0. The first-order valence-electron chi connectivity index (χ1n) is 9.31. The highest BCUT2D eigenvalue weighted by atomic mass is 32.1. The van der Waals surface area contributed by atoms with Crippen LogP contribution >= 0.6 is 22.7 Å². The second kappa shape index (κ2) is 8.67. The Morgan fingerprint density at radius 1 is 1.26 bits per heavy atom. The molecule has 0 saturated carbocycles. The zero-order chi connectivity index (χ0) is 18.6. The Morgan fingerprint density at radius 3 is 2.93 bits per heavy atom. The molecule has 27 heavy (non-hydrogen) atoms. The molecule has 4 rings (SSSR count). The number of aliphatic hydroxyl groups excluding tert-OH is 1. The molecule has 144 valence electrons. The van der Waals surface area contributed by atoms with Crippen LogP contribution in [0.3, 0.4) is 0 Å². The summed E-state index contributed by atoms with van der Waals surface area (Å²) in [6.07, 6.45) is 0.804. The fraction of sp³-hybridized carbons (Fsp3) is 0.450. The first-order valence-corrected chi connectivity index (χ1v) is 11.1. The summed E-state index contributed by atoms with van der Waals surface area (Å²) in [5, 5.41) is 15.9. The molecule has 0 spiro atoms. The molecule has 1 aliphatic heterocycles. The normalized spacial score (nSPS) is 19.0. The van der Waals surface area contributed by atoms with E-state index in [9.17, 15) is 5.11 Å². The third-order valence-electron chi connectivity index (χ3n) is 5.11. The quantitative estimate of drug-likeness (QED) is 0.650. The van der Waals surface area contributed by atoms with Gasteiger partial charge >= 0.3 is 0 Å². The summed E-state index contributed by atoms with van der Waals surface area (Å²) in [6.45, 7) is 6.96. The van der Waals surface area contributed by atoms with Crippen molar-refractivity contribution in [2.75, 3.05) is 26.2 Å². The van der Waals surface area contributed by atoms with Gasteiger partial charge in [-0.2, -0.15) is 11.3 Å². The molecule has 0 amide bonds. The van der Waals surface area contributed by atoms with E-state index in [0.717, 1.165) is 61.4 Å². The van der Waals surface area contributed by atoms with Gasteiger partial charge < -0.3 is 9.52 Å². The molecule has 1 N–H and O–H groups in total. The minimum Gasteiger partial charge on any atom is -0.440 e. The maximum atomic E-state index is 9.52. The van der Waals surface area contributed by atoms with E-state index in [1.165, 1.54) is 5.56 Å². The molecule has 3 aromatic rings. The van der Waals surface area contributed by atoms with Crippen LogP contribution in [0.1, 0.15) is 23.4 Å². The van der Waals surface area contributed by atoms with Crippen molar-refractivity contribution in [3.63, 3.8) is 0 Å². The monoisotopic (exact) mass is 403 g/mol. The lowest BCUT2D eigenvalue weighted by molar-refractivity contribution is 0.0493. The molecule has 1 atom stereocenters. The van der Waals surface area contributed by atoms with Crippen LogP contribution in [0.4, 0.5) is 0 Å². The molecular weight excluding hydrogens is 378 g/mol. The smallest absolute Gasteiger partial charge is 0.236 e. The Bertz CT molecular complexity index is 830. The van der Waals surface area contributed by atoms with Crippen molar-refractivity contribution in [2.24, 2.45) is 0 Å². The minimum absolute atomic E-state index is 0.226. The lowest BCUT2D eigenvalue weighted by Crippen LogP contribution is -2.52. The molecule has 5 nitrogen and oxygen atoms in total. The van der Waals surface area contributed by atoms with Gasteiger partial charge in [0.25, 0.3) is 0 Å². The zero-order valence-electron chi connectivity index (χ0n) is 15.5. The zero-order valence-corrected chi connectivity index (χ0v) is 17.1. The summed E-state index contributed by atoms with van der Waals surface area (Å²) in [5.74, 6) is 1.62. The van der Waals surface area contributed by atoms with E-state index >= 15 is 0 Å². The van der Waals surface area contributed by atoms with Gasteiger partial charge in [-0.15, -0.1) is 11.3 Å². The summed E-state index contributed by atoms with van der Waals surface area (Å²) in [4.78, 5) is 10.7. The molecule has 3 aromatic heterocycles. The SMILES string of the molecule is Cc1oc(-c2cccs2)nc1CN1CCN(Cc2ccsc2)[C@H](CCO)C1. The van der Waals surface area contributed by atoms with Crippen molar-refractivity contribution < 1.29 is 9.52 Å². The Kier molecular flexibility index (Phi) is 6.04. The van der Waals surface area contributed by atoms with Crippen LogP contribution in [-0.4, -0.2) is 52.2 Å². The van der Waals surface area contributed by atoms with Gasteiger partial charge in [-0.25, -0.2) is 4.98 Å². The van der Waals surface area contributed by atoms with Crippen molar-refractivity contribution in [3.8, 4) is 10.8 Å². The molecule has 0 unspecified atom stereocenters. The summed E-state index contributed by atoms with van der Waals surface area (Å²) in [6, 6.07) is 6.62. The summed E-state index contributed by atoms with van der Waals surface area (Å²) in [5.41, 5.74) is 2.39. The summed E-state index contributed by atoms with van der Waals surface area (Å²) < 4.78 is 5.89. The summed E-state index contributed by atoms with van der Waals surface area (Å²) >= 11 is 3.39. The largest absolute Gasteiger partial charge is 0.440 e. The number of oxazole rings is 1. The average Bonchev–Trinajstić information content (AvgIpc) is 3.41. The standard InChI is InChI=1S/C20H25N3O2S2/c1-15-18(21-20(25-15)19-3-2-9-27-19)13-22-6-7-23(17(12-22)4-8-24)11-16-5-10-26-14-16/h2-3,5,9-10,14,17,24H,4,6-8,11-13H2,1H3/t17-/m1/s1. The number of hydrogen-bond donors (Lipinski definition) is 1. The predicted molar refractivity (Wildman–Crippen MR) is 110 cm³/mol. The topological polar surface area (TPSA) is 52.7 Å². The Balaban J connectivity index is 1.41. The van der Waals surface area contributed by atoms with E-state index in [0.29, 0.717) is 6.04 Å². The lowest BCUT2D eigenvalue weighted by Gasteiger charge is -2.41. The second-order valence-electron chi connectivity index (χ2n) is 7.00. The van der Waals surface area contributed by atoms with Gasteiger partial charge in [0.15, 0.2) is 0 Å². The van der Waals surface area contributed by atoms with Crippen LogP contribution in [0, 0.1) is 6.92 Å². The van der Waals surface area contributed by atoms with Crippen molar-refractivity contribution in [2.45, 2.75) is 32.5 Å². The third kappa shape index (κ3) is 4.50. The molecule has 0 aromatic carbocycles. The molecule has 0 aliphatic carbocycles. The minimum atomic E-state index is 0.226. The predicted octanol–water partition coefficient (Wildman–Crippen LogP) is 3.84. The number of piperazine rings is 1. The molecule has 1 fully saturated rings. The number of nitrogens with zero attached hydrogens (tertiary/aromatic N) is 3. The Labute approximate surface area is 167 Å². The van der Waals surface area contributed by atoms with Gasteiger partial charge in [0, 0.05) is 45.4 Å². The van der Waals surface area contributed by atoms with Gasteiger partial charge in [0.2, 0.25) is 5.89 Å². The third-order valence-corrected chi connectivity index (χ3v) is 6.70. The molecular formula is C20H25N3O2S2. The fourth-order valence-electron chi connectivity index (χ4n) is 3.64. The van der Waals surface area contributed by atoms with Gasteiger partial charge in [-0.05, 0) is 47.2 Å². The Morgan fingerprint density at radius 2 is 2.19 bits per heavy atom. The molecule has 7 heteroatoms. The maximum Gasteiger partial charge on any atom is 0.236 e. The highest BCUT2D eigenvalue weighted by Crippen LogP contribution is 2.27. The lowest BCUT2D eigenvalue weighted by atomic mass is 10.1. The highest BCUT2D eigenvalue weighted by Gasteiger charge is 2.28. The first-order chi connectivity index (χ1) is 13.2. The Hall–Kier alpha value is -1.51. The number of hydrogen-bond acceptors (Lipinski definition) is 7. The number of aryl methyl sites for hydroxylation is 1. The van der Waals surface area contributed by atoms with E-state index in [2.05, 4.69) is 26.6 Å². The number of thiophene rings is 2. The average molecular weight is 404 g/mol. The van der Waals surface area contributed by atoms with E-state index < -0.39 is 0 Å². The molecule has 4 heterocycles. The number of rotatable bonds is 7. The van der Waals surface area contributed by atoms with Crippen LogP contribution in [-0.2, 0) is 13.1 Å². The number of aliphatic hydroxyl groups is 1. The maximum absolute atomic E-state index is 9.52. The van der Waals surface area contributed by atoms with Gasteiger partial charge in [-0.3, -0.25) is 9.80 Å². The number of aromatic nitrogens is 1. The van der Waals surface area contributed by atoms with E-state index in [4.69, 9.17) is 9.40 Å².